The number of hydrogen-bond donors (Lipinski definition) is 0. The Kier molecular flexibility index (Phi) is 1.72. The smallest absolute Gasteiger partial charge is 0.240 e. The average Bonchev–Trinajstić information content (AvgIpc) is 2.88. The molecule has 1 fully saturated rings. The quantitative estimate of drug-likeness (QED) is 0.490. The Morgan fingerprint density at radius 2 is 2.33 bits per heavy atom. The zero-order valence-corrected chi connectivity index (χ0v) is 6.53. The lowest BCUT2D eigenvalue weighted by molar-refractivity contribution is 0.565. The largest absolute Gasteiger partial charge is 0.262 e. The molecule has 2 rings (SSSR count). The van der Waals surface area contributed by atoms with Crippen LogP contribution in [0.25, 0.3) is 0 Å². The maximum Gasteiger partial charge on any atom is 0.240 e. The van der Waals surface area contributed by atoms with E-state index in [1.54, 1.807) is 6.20 Å². The third-order valence-corrected chi connectivity index (χ3v) is 1.97. The Balaban J connectivity index is 2.32. The van der Waals surface area contributed by atoms with Crippen molar-refractivity contribution in [3.05, 3.63) is 24.0 Å². The Morgan fingerprint density at radius 1 is 1.50 bits per heavy atom. The van der Waals surface area contributed by atoms with E-state index < -0.39 is 0 Å². The minimum Gasteiger partial charge on any atom is -0.262 e. The second kappa shape index (κ2) is 2.88. The fourth-order valence-electron chi connectivity index (χ4n) is 1.20. The second-order valence-electron chi connectivity index (χ2n) is 2.95. The highest BCUT2D eigenvalue weighted by Crippen LogP contribution is 2.40. The van der Waals surface area contributed by atoms with Gasteiger partial charge in [-0.15, -0.1) is 0 Å². The van der Waals surface area contributed by atoms with E-state index in [9.17, 15) is 4.79 Å². The molecule has 1 heterocycles. The van der Waals surface area contributed by atoms with E-state index in [-0.39, 0.29) is 0 Å². The highest BCUT2D eigenvalue weighted by atomic mass is 16.1. The molecule has 0 spiro atoms. The number of aliphatic imine (C=N–C) groups is 1. The predicted octanol–water partition coefficient (Wildman–Crippen LogP) is 1.93. The lowest BCUT2D eigenvalue weighted by atomic mass is 10.2. The van der Waals surface area contributed by atoms with E-state index in [1.807, 2.05) is 12.3 Å². The fraction of sp³-hybridized carbons (Fsp3) is 0.333. The van der Waals surface area contributed by atoms with Gasteiger partial charge in [-0.3, -0.25) is 4.98 Å². The number of carbonyl (C=O) groups excluding carboxylic acids is 1. The summed E-state index contributed by atoms with van der Waals surface area (Å²) in [5.74, 6) is 0.652. The normalized spacial score (nSPS) is 15.3. The van der Waals surface area contributed by atoms with Gasteiger partial charge < -0.3 is 0 Å². The SMILES string of the molecule is O=C=Nc1cncc(C2CC2)c1. The summed E-state index contributed by atoms with van der Waals surface area (Å²) in [4.78, 5) is 17.5. The molecule has 1 aliphatic rings. The van der Waals surface area contributed by atoms with E-state index in [4.69, 9.17) is 0 Å². The molecule has 0 atom stereocenters. The number of nitrogens with zero attached hydrogens (tertiary/aromatic N) is 2. The summed E-state index contributed by atoms with van der Waals surface area (Å²) in [7, 11) is 0. The topological polar surface area (TPSA) is 42.3 Å². The van der Waals surface area contributed by atoms with Crippen molar-refractivity contribution < 1.29 is 4.79 Å². The highest BCUT2D eigenvalue weighted by Gasteiger charge is 2.23. The first-order valence-corrected chi connectivity index (χ1v) is 3.93. The van der Waals surface area contributed by atoms with Crippen LogP contribution in [0.5, 0.6) is 0 Å². The van der Waals surface area contributed by atoms with Crippen molar-refractivity contribution in [2.24, 2.45) is 4.99 Å². The van der Waals surface area contributed by atoms with Gasteiger partial charge in [0.2, 0.25) is 6.08 Å². The van der Waals surface area contributed by atoms with Gasteiger partial charge in [0, 0.05) is 6.20 Å². The molecule has 1 aromatic heterocycles. The van der Waals surface area contributed by atoms with Crippen molar-refractivity contribution in [3.63, 3.8) is 0 Å². The first kappa shape index (κ1) is 7.19. The third kappa shape index (κ3) is 1.41. The van der Waals surface area contributed by atoms with E-state index in [1.165, 1.54) is 24.5 Å². The predicted molar refractivity (Wildman–Crippen MR) is 44.0 cm³/mol. The van der Waals surface area contributed by atoms with Crippen LogP contribution in [-0.2, 0) is 4.79 Å². The van der Waals surface area contributed by atoms with E-state index >= 15 is 0 Å². The molecule has 1 saturated carbocycles. The first-order valence-electron chi connectivity index (χ1n) is 3.93. The van der Waals surface area contributed by atoms with Gasteiger partial charge in [0.1, 0.15) is 0 Å². The maximum atomic E-state index is 9.95. The molecular formula is C9H8N2O. The summed E-state index contributed by atoms with van der Waals surface area (Å²) in [6.45, 7) is 0. The summed E-state index contributed by atoms with van der Waals surface area (Å²) in [6, 6.07) is 1.90. The van der Waals surface area contributed by atoms with Crippen LogP contribution in [0, 0.1) is 0 Å². The summed E-state index contributed by atoms with van der Waals surface area (Å²) in [5.41, 5.74) is 1.79. The average molecular weight is 160 g/mol. The molecule has 0 aliphatic heterocycles. The van der Waals surface area contributed by atoms with Crippen LogP contribution in [0.4, 0.5) is 5.69 Å². The highest BCUT2D eigenvalue weighted by molar-refractivity contribution is 5.48. The van der Waals surface area contributed by atoms with Crippen LogP contribution in [0.1, 0.15) is 24.3 Å². The lowest BCUT2D eigenvalue weighted by Gasteiger charge is -1.95. The molecular weight excluding hydrogens is 152 g/mol. The molecule has 0 saturated heterocycles. The molecule has 60 valence electrons. The Morgan fingerprint density at radius 3 is 3.00 bits per heavy atom. The number of aromatic nitrogens is 1. The third-order valence-electron chi connectivity index (χ3n) is 1.97. The summed E-state index contributed by atoms with van der Waals surface area (Å²) in [6.07, 6.45) is 7.37. The van der Waals surface area contributed by atoms with Gasteiger partial charge in [-0.05, 0) is 30.4 Å². The molecule has 1 aliphatic carbocycles. The Hall–Kier alpha value is -1.47. The molecule has 1 aromatic rings. The van der Waals surface area contributed by atoms with Crippen molar-refractivity contribution in [1.82, 2.24) is 4.98 Å². The second-order valence-corrected chi connectivity index (χ2v) is 2.95. The number of hydrogen-bond acceptors (Lipinski definition) is 3. The van der Waals surface area contributed by atoms with E-state index in [2.05, 4.69) is 9.98 Å². The first-order chi connectivity index (χ1) is 5.90. The number of rotatable bonds is 2. The van der Waals surface area contributed by atoms with Crippen LogP contribution in [0.3, 0.4) is 0 Å². The molecule has 12 heavy (non-hydrogen) atoms. The summed E-state index contributed by atoms with van der Waals surface area (Å²) < 4.78 is 0. The minimum absolute atomic E-state index is 0.606. The van der Waals surface area contributed by atoms with Gasteiger partial charge in [-0.1, -0.05) is 0 Å². The van der Waals surface area contributed by atoms with Crippen LogP contribution >= 0.6 is 0 Å². The van der Waals surface area contributed by atoms with Crippen LogP contribution in [0.2, 0.25) is 0 Å². The molecule has 3 nitrogen and oxygen atoms in total. The van der Waals surface area contributed by atoms with Crippen molar-refractivity contribution in [2.75, 3.05) is 0 Å². The monoisotopic (exact) mass is 160 g/mol. The van der Waals surface area contributed by atoms with Crippen molar-refractivity contribution >= 4 is 11.8 Å². The van der Waals surface area contributed by atoms with Crippen LogP contribution in [-0.4, -0.2) is 11.1 Å². The van der Waals surface area contributed by atoms with Crippen molar-refractivity contribution in [2.45, 2.75) is 18.8 Å². The molecule has 0 radical (unpaired) electrons. The summed E-state index contributed by atoms with van der Waals surface area (Å²) >= 11 is 0. The fourth-order valence-corrected chi connectivity index (χ4v) is 1.20. The van der Waals surface area contributed by atoms with Gasteiger partial charge >= 0.3 is 0 Å². The van der Waals surface area contributed by atoms with E-state index in [0.717, 1.165) is 0 Å². The van der Waals surface area contributed by atoms with Gasteiger partial charge in [-0.2, -0.15) is 4.99 Å². The van der Waals surface area contributed by atoms with Crippen molar-refractivity contribution in [3.8, 4) is 0 Å². The van der Waals surface area contributed by atoms with Crippen LogP contribution < -0.4 is 0 Å². The molecule has 0 unspecified atom stereocenters. The zero-order chi connectivity index (χ0) is 8.39. The number of pyridine rings is 1. The van der Waals surface area contributed by atoms with Gasteiger partial charge in [0.25, 0.3) is 0 Å². The Labute approximate surface area is 70.2 Å². The molecule has 0 N–H and O–H groups in total. The van der Waals surface area contributed by atoms with Gasteiger partial charge in [0.05, 0.1) is 11.9 Å². The standard InChI is InChI=1S/C9H8N2O/c12-6-11-9-3-8(4-10-5-9)7-1-2-7/h3-5,7H,1-2H2. The lowest BCUT2D eigenvalue weighted by Crippen LogP contribution is -1.80. The minimum atomic E-state index is 0.606. The Bertz CT molecular complexity index is 338. The zero-order valence-electron chi connectivity index (χ0n) is 6.53. The molecule has 0 aromatic carbocycles. The maximum absolute atomic E-state index is 9.95. The van der Waals surface area contributed by atoms with Gasteiger partial charge in [-0.25, -0.2) is 4.79 Å². The summed E-state index contributed by atoms with van der Waals surface area (Å²) in [5, 5.41) is 0. The molecule has 0 bridgehead atoms. The number of isocyanates is 1. The van der Waals surface area contributed by atoms with Crippen molar-refractivity contribution in [1.29, 1.82) is 0 Å². The van der Waals surface area contributed by atoms with E-state index in [0.29, 0.717) is 11.6 Å². The molecule has 0 amide bonds. The van der Waals surface area contributed by atoms with Gasteiger partial charge in [0.15, 0.2) is 0 Å². The van der Waals surface area contributed by atoms with Crippen LogP contribution in [0.15, 0.2) is 23.5 Å². The molecule has 3 heteroatoms.